The van der Waals surface area contributed by atoms with Crippen LogP contribution in [0.3, 0.4) is 0 Å². The Hall–Kier alpha value is -3.39. The van der Waals surface area contributed by atoms with Gasteiger partial charge in [-0.15, -0.1) is 10.2 Å². The molecule has 2 aromatic carbocycles. The van der Waals surface area contributed by atoms with Gasteiger partial charge in [0, 0.05) is 42.6 Å². The van der Waals surface area contributed by atoms with Crippen LogP contribution in [-0.4, -0.2) is 31.4 Å². The quantitative estimate of drug-likeness (QED) is 0.298. The molecule has 0 aliphatic rings. The smallest absolute Gasteiger partial charge is 0.217 e. The molecule has 0 saturated carbocycles. The van der Waals surface area contributed by atoms with E-state index in [4.69, 9.17) is 5.73 Å². The Kier molecular flexibility index (Phi) is 6.41. The number of aromatic amines is 1. The minimum atomic E-state index is -0.493. The third-order valence-corrected chi connectivity index (χ3v) is 6.82. The van der Waals surface area contributed by atoms with Crippen LogP contribution in [0.1, 0.15) is 45.9 Å². The fraction of sp³-hybridized carbons (Fsp3) is 0.250. The van der Waals surface area contributed by atoms with Crippen molar-refractivity contribution < 1.29 is 9.59 Å². The Morgan fingerprint density at radius 1 is 1.12 bits per heavy atom. The number of H-pyrrole nitrogens is 1. The van der Waals surface area contributed by atoms with Crippen LogP contribution in [0.4, 0.5) is 0 Å². The largest absolute Gasteiger partial charge is 0.370 e. The molecule has 0 saturated heterocycles. The summed E-state index contributed by atoms with van der Waals surface area (Å²) in [6, 6.07) is 15.7. The highest BCUT2D eigenvalue weighted by Gasteiger charge is 2.28. The van der Waals surface area contributed by atoms with Crippen LogP contribution < -0.4 is 5.73 Å². The summed E-state index contributed by atoms with van der Waals surface area (Å²) in [4.78, 5) is 28.2. The van der Waals surface area contributed by atoms with Crippen molar-refractivity contribution in [3.8, 4) is 0 Å². The number of para-hydroxylation sites is 1. The molecular formula is C24H25N5O2S. The zero-order chi connectivity index (χ0) is 22.7. The van der Waals surface area contributed by atoms with Crippen LogP contribution in [-0.2, 0) is 24.7 Å². The molecule has 2 heterocycles. The number of carbonyl (C=O) groups is 2. The van der Waals surface area contributed by atoms with Crippen LogP contribution >= 0.6 is 11.8 Å². The van der Waals surface area contributed by atoms with Crippen molar-refractivity contribution in [1.29, 1.82) is 0 Å². The number of amides is 1. The van der Waals surface area contributed by atoms with Gasteiger partial charge in [-0.1, -0.05) is 67.2 Å². The van der Waals surface area contributed by atoms with E-state index in [2.05, 4.69) is 28.2 Å². The maximum absolute atomic E-state index is 13.8. The number of primary amides is 1. The number of fused-ring (bicyclic) bond motifs is 1. The summed E-state index contributed by atoms with van der Waals surface area (Å²) in [7, 11) is 1.84. The topological polar surface area (TPSA) is 107 Å². The van der Waals surface area contributed by atoms with Gasteiger partial charge in [-0.25, -0.2) is 0 Å². The van der Waals surface area contributed by atoms with Gasteiger partial charge in [-0.3, -0.25) is 9.59 Å². The van der Waals surface area contributed by atoms with E-state index in [0.29, 0.717) is 23.0 Å². The van der Waals surface area contributed by atoms with Gasteiger partial charge in [0.2, 0.25) is 5.91 Å². The maximum atomic E-state index is 13.8. The summed E-state index contributed by atoms with van der Waals surface area (Å²) < 4.78 is 1.82. The molecule has 0 radical (unpaired) electrons. The molecule has 0 bridgehead atoms. The molecule has 3 N–H and O–H groups in total. The van der Waals surface area contributed by atoms with E-state index in [-0.39, 0.29) is 18.1 Å². The summed E-state index contributed by atoms with van der Waals surface area (Å²) in [5.41, 5.74) is 9.00. The minimum Gasteiger partial charge on any atom is -0.370 e. The number of aromatic nitrogens is 4. The predicted octanol–water partition coefficient (Wildman–Crippen LogP) is 3.99. The summed E-state index contributed by atoms with van der Waals surface area (Å²) in [6.45, 7) is 2.10. The van der Waals surface area contributed by atoms with Crippen LogP contribution in [0, 0.1) is 0 Å². The van der Waals surface area contributed by atoms with Gasteiger partial charge in [-0.2, -0.15) is 0 Å². The van der Waals surface area contributed by atoms with Crippen molar-refractivity contribution in [1.82, 2.24) is 19.7 Å². The van der Waals surface area contributed by atoms with Crippen LogP contribution in [0.15, 0.2) is 59.9 Å². The van der Waals surface area contributed by atoms with Gasteiger partial charge >= 0.3 is 0 Å². The first kappa shape index (κ1) is 21.8. The summed E-state index contributed by atoms with van der Waals surface area (Å²) in [6.07, 6.45) is 3.30. The van der Waals surface area contributed by atoms with Gasteiger partial charge in [0.25, 0.3) is 0 Å². The van der Waals surface area contributed by atoms with E-state index < -0.39 is 5.25 Å². The minimum absolute atomic E-state index is 0.00221. The Morgan fingerprint density at radius 2 is 1.91 bits per heavy atom. The number of nitrogens with zero attached hydrogens (tertiary/aromatic N) is 3. The number of nitrogens with one attached hydrogen (secondary N) is 1. The van der Waals surface area contributed by atoms with Crippen molar-refractivity contribution >= 4 is 34.4 Å². The SMILES string of the molecule is CCc1cccc2c(C(=O)[C@@H](Sc3nnc(CCC(N)=O)n3C)c3ccccc3)c[nH]c12. The van der Waals surface area contributed by atoms with Crippen molar-refractivity contribution in [2.45, 2.75) is 36.6 Å². The lowest BCUT2D eigenvalue weighted by Crippen LogP contribution is -2.13. The molecule has 0 unspecified atom stereocenters. The number of thioether (sulfide) groups is 1. The molecule has 0 aliphatic heterocycles. The van der Waals surface area contributed by atoms with Crippen LogP contribution in [0.2, 0.25) is 0 Å². The second-order valence-corrected chi connectivity index (χ2v) is 8.66. The highest BCUT2D eigenvalue weighted by Crippen LogP contribution is 2.38. The highest BCUT2D eigenvalue weighted by molar-refractivity contribution is 8.00. The summed E-state index contributed by atoms with van der Waals surface area (Å²) >= 11 is 1.36. The van der Waals surface area contributed by atoms with Gasteiger partial charge in [-0.05, 0) is 17.5 Å². The Bertz CT molecular complexity index is 1260. The van der Waals surface area contributed by atoms with Gasteiger partial charge in [0.1, 0.15) is 11.1 Å². The van der Waals surface area contributed by atoms with Crippen molar-refractivity contribution in [2.75, 3.05) is 0 Å². The molecule has 32 heavy (non-hydrogen) atoms. The lowest BCUT2D eigenvalue weighted by atomic mass is 10.0. The number of aryl methyl sites for hydroxylation is 2. The third kappa shape index (κ3) is 4.31. The Labute approximate surface area is 190 Å². The molecule has 4 aromatic rings. The molecule has 1 amide bonds. The van der Waals surface area contributed by atoms with Crippen molar-refractivity contribution in [3.05, 3.63) is 77.2 Å². The van der Waals surface area contributed by atoms with E-state index >= 15 is 0 Å². The van der Waals surface area contributed by atoms with Crippen LogP contribution in [0.5, 0.6) is 0 Å². The monoisotopic (exact) mass is 447 g/mol. The predicted molar refractivity (Wildman–Crippen MR) is 126 cm³/mol. The van der Waals surface area contributed by atoms with E-state index in [1.165, 1.54) is 17.3 Å². The van der Waals surface area contributed by atoms with E-state index in [0.717, 1.165) is 22.9 Å². The number of carbonyl (C=O) groups excluding carboxylic acids is 2. The van der Waals surface area contributed by atoms with Gasteiger partial charge in [0.05, 0.1) is 0 Å². The number of hydrogen-bond donors (Lipinski definition) is 2. The number of nitrogens with two attached hydrogens (primary N) is 1. The van der Waals surface area contributed by atoms with Gasteiger partial charge < -0.3 is 15.3 Å². The molecule has 0 aliphatic carbocycles. The fourth-order valence-electron chi connectivity index (χ4n) is 3.76. The molecule has 0 fully saturated rings. The molecule has 164 valence electrons. The van der Waals surface area contributed by atoms with Crippen molar-refractivity contribution in [2.24, 2.45) is 12.8 Å². The number of benzene rings is 2. The van der Waals surface area contributed by atoms with E-state index in [1.54, 1.807) is 6.20 Å². The van der Waals surface area contributed by atoms with Crippen molar-refractivity contribution in [3.63, 3.8) is 0 Å². The molecule has 4 rings (SSSR count). The van der Waals surface area contributed by atoms with E-state index in [9.17, 15) is 9.59 Å². The zero-order valence-corrected chi connectivity index (χ0v) is 18.9. The van der Waals surface area contributed by atoms with E-state index in [1.807, 2.05) is 54.1 Å². The first-order valence-corrected chi connectivity index (χ1v) is 11.4. The number of rotatable bonds is 9. The highest BCUT2D eigenvalue weighted by atomic mass is 32.2. The molecular weight excluding hydrogens is 422 g/mol. The molecule has 7 nitrogen and oxygen atoms in total. The number of ketones is 1. The summed E-state index contributed by atoms with van der Waals surface area (Å²) in [5.74, 6) is 0.276. The Balaban J connectivity index is 1.70. The average molecular weight is 448 g/mol. The number of Topliss-reactive ketones (excluding diaryl/α,β-unsaturated/α-hetero) is 1. The molecule has 2 aromatic heterocycles. The lowest BCUT2D eigenvalue weighted by molar-refractivity contribution is -0.118. The second-order valence-electron chi connectivity index (χ2n) is 7.59. The zero-order valence-electron chi connectivity index (χ0n) is 18.0. The first-order valence-electron chi connectivity index (χ1n) is 10.5. The Morgan fingerprint density at radius 3 is 2.62 bits per heavy atom. The fourth-order valence-corrected chi connectivity index (χ4v) is 4.85. The normalized spacial score (nSPS) is 12.2. The third-order valence-electron chi connectivity index (χ3n) is 5.53. The standard InChI is InChI=1S/C24H25N5O2S/c1-3-15-10-7-11-17-18(14-26-21(15)17)22(31)23(16-8-5-4-6-9-16)32-24-28-27-20(29(24)2)13-12-19(25)30/h4-11,14,23,26H,3,12-13H2,1-2H3,(H2,25,30)/t23-/m0/s1. The molecule has 8 heteroatoms. The second kappa shape index (κ2) is 9.40. The average Bonchev–Trinajstić information content (AvgIpc) is 3.39. The molecule has 1 atom stereocenters. The number of hydrogen-bond acceptors (Lipinski definition) is 5. The maximum Gasteiger partial charge on any atom is 0.217 e. The van der Waals surface area contributed by atoms with Crippen LogP contribution in [0.25, 0.3) is 10.9 Å². The lowest BCUT2D eigenvalue weighted by Gasteiger charge is -2.15. The van der Waals surface area contributed by atoms with Gasteiger partial charge in [0.15, 0.2) is 10.9 Å². The first-order chi connectivity index (χ1) is 15.5. The summed E-state index contributed by atoms with van der Waals surface area (Å²) in [5, 5.41) is 9.52. The molecule has 0 spiro atoms.